The van der Waals surface area contributed by atoms with Crippen LogP contribution in [-0.4, -0.2) is 101 Å². The number of alkyl halides is 1. The topological polar surface area (TPSA) is 124 Å². The third-order valence-electron chi connectivity index (χ3n) is 12.7. The normalized spacial score (nSPS) is 16.5. The first-order valence-electron chi connectivity index (χ1n) is 22.3. The fourth-order valence-electron chi connectivity index (χ4n) is 8.52. The van der Waals surface area contributed by atoms with E-state index in [1.54, 1.807) is 64.8 Å². The van der Waals surface area contributed by atoms with E-state index in [1.165, 1.54) is 42.4 Å². The molecule has 6 aromatic rings. The summed E-state index contributed by atoms with van der Waals surface area (Å²) in [5.74, 6) is 7.34. The molecule has 1 N–H and O–H groups in total. The molecule has 0 unspecified atom stereocenters. The predicted octanol–water partition coefficient (Wildman–Crippen LogP) is 6.99. The van der Waals surface area contributed by atoms with Crippen molar-refractivity contribution in [2.45, 2.75) is 69.7 Å². The number of methoxy groups -OCH3 is 4. The number of piperidine rings is 2. The van der Waals surface area contributed by atoms with E-state index in [2.05, 4.69) is 49.7 Å². The number of para-hydroxylation sites is 4. The van der Waals surface area contributed by atoms with Crippen LogP contribution in [0.2, 0.25) is 0 Å². The number of carbonyl (C=O) groups is 2. The second kappa shape index (κ2) is 22.1. The van der Waals surface area contributed by atoms with Gasteiger partial charge in [0, 0.05) is 73.1 Å². The van der Waals surface area contributed by atoms with E-state index in [4.69, 9.17) is 28.9 Å². The van der Waals surface area contributed by atoms with Crippen LogP contribution in [0.15, 0.2) is 84.9 Å². The number of nitrogens with zero attached hydrogens (tertiary/aromatic N) is 5. The number of fused-ring (bicyclic) bond motifs is 2. The molecule has 2 amide bonds. The molecule has 2 aliphatic carbocycles. The summed E-state index contributed by atoms with van der Waals surface area (Å²) < 4.78 is 23.7. The Morgan fingerprint density at radius 1 is 0.625 bits per heavy atom. The predicted molar refractivity (Wildman–Crippen MR) is 251 cm³/mol. The molecule has 12 nitrogen and oxygen atoms in total. The summed E-state index contributed by atoms with van der Waals surface area (Å²) >= 11 is 3.38. The summed E-state index contributed by atoms with van der Waals surface area (Å²) in [5, 5.41) is 1.23. The standard InChI is InChI=1S/C25H29N3O3.C21H23N3O3.C4H7Br.Na.H/c1-30-20-13-19(14-21(15-20)31-2)25(29)27-11-9-18(10-12-27)24-26-22-5-3-4-6-23(22)28(24)16-17-7-8-17;1-26-16-11-15(12-17(13-16)27-2)21(25)24-9-7-14(8-10-24)20-22-18-5-3-4-6-19(18)23-20;5-3-4-1-2-4;;/h3-6,13-15,17-18H,7-12,16H2,1-2H3;3-6,11-14H,7-10H2,1-2H3,(H,22,23);4H,1-3H2;;/q;;;+1;-1. The number of aromatic nitrogens is 4. The van der Waals surface area contributed by atoms with Gasteiger partial charge in [0.15, 0.2) is 0 Å². The van der Waals surface area contributed by atoms with Crippen LogP contribution < -0.4 is 48.5 Å². The van der Waals surface area contributed by atoms with E-state index in [0.29, 0.717) is 59.1 Å². The van der Waals surface area contributed by atoms with Crippen molar-refractivity contribution in [1.29, 1.82) is 0 Å². The van der Waals surface area contributed by atoms with Crippen LogP contribution >= 0.6 is 15.9 Å². The first-order chi connectivity index (χ1) is 30.8. The van der Waals surface area contributed by atoms with Crippen molar-refractivity contribution in [3.8, 4) is 23.0 Å². The van der Waals surface area contributed by atoms with Crippen molar-refractivity contribution in [1.82, 2.24) is 29.3 Å². The molecule has 2 saturated heterocycles. The maximum Gasteiger partial charge on any atom is 1.00 e. The fourth-order valence-corrected chi connectivity index (χ4v) is 9.17. The molecular weight excluding hydrogens is 883 g/mol. The van der Waals surface area contributed by atoms with Gasteiger partial charge in [0.05, 0.1) is 50.5 Å². The van der Waals surface area contributed by atoms with Crippen molar-refractivity contribution in [3.63, 3.8) is 0 Å². The Morgan fingerprint density at radius 3 is 1.55 bits per heavy atom. The second-order valence-corrected chi connectivity index (χ2v) is 17.7. The maximum absolute atomic E-state index is 13.1. The van der Waals surface area contributed by atoms with Crippen molar-refractivity contribution in [2.24, 2.45) is 11.8 Å². The number of hydrogen-bond acceptors (Lipinski definition) is 8. The zero-order valence-corrected chi connectivity index (χ0v) is 41.4. The van der Waals surface area contributed by atoms with Crippen molar-refractivity contribution >= 4 is 49.8 Å². The Bertz CT molecular complexity index is 2430. The maximum atomic E-state index is 13.1. The largest absolute Gasteiger partial charge is 1.00 e. The Balaban J connectivity index is 0.000000190. The number of nitrogens with one attached hydrogen (secondary N) is 1. The van der Waals surface area contributed by atoms with Gasteiger partial charge >= 0.3 is 29.6 Å². The number of hydrogen-bond donors (Lipinski definition) is 1. The molecule has 0 atom stereocenters. The number of carbonyl (C=O) groups excluding carboxylic acids is 2. The molecule has 4 heterocycles. The van der Waals surface area contributed by atoms with E-state index in [9.17, 15) is 9.59 Å². The summed E-state index contributed by atoms with van der Waals surface area (Å²) in [7, 11) is 6.37. The Kier molecular flexibility index (Phi) is 16.4. The van der Waals surface area contributed by atoms with Gasteiger partial charge in [0.25, 0.3) is 11.8 Å². The third kappa shape index (κ3) is 11.6. The summed E-state index contributed by atoms with van der Waals surface area (Å²) in [6.07, 6.45) is 9.23. The van der Waals surface area contributed by atoms with Gasteiger partial charge in [-0.15, -0.1) is 0 Å². The summed E-state index contributed by atoms with van der Waals surface area (Å²) in [5.41, 5.74) is 5.58. The summed E-state index contributed by atoms with van der Waals surface area (Å²) in [6.45, 7) is 3.95. The third-order valence-corrected chi connectivity index (χ3v) is 13.6. The molecule has 0 bridgehead atoms. The molecule has 334 valence electrons. The molecule has 10 rings (SSSR count). The molecule has 0 radical (unpaired) electrons. The molecule has 2 saturated carbocycles. The zero-order chi connectivity index (χ0) is 43.9. The number of ether oxygens (including phenoxy) is 4. The molecule has 0 spiro atoms. The minimum Gasteiger partial charge on any atom is -1.00 e. The molecule has 2 aromatic heterocycles. The molecule has 2 aliphatic heterocycles. The number of benzene rings is 4. The minimum absolute atomic E-state index is 0. The molecule has 64 heavy (non-hydrogen) atoms. The van der Waals surface area contributed by atoms with Gasteiger partial charge in [-0.25, -0.2) is 9.97 Å². The van der Waals surface area contributed by atoms with Gasteiger partial charge < -0.3 is 39.7 Å². The smallest absolute Gasteiger partial charge is 1.00 e. The second-order valence-electron chi connectivity index (χ2n) is 17.1. The van der Waals surface area contributed by atoms with Crippen LogP contribution in [-0.2, 0) is 6.54 Å². The van der Waals surface area contributed by atoms with Crippen LogP contribution in [0.3, 0.4) is 0 Å². The molecule has 4 aromatic carbocycles. The van der Waals surface area contributed by atoms with E-state index in [0.717, 1.165) is 79.5 Å². The van der Waals surface area contributed by atoms with Crippen molar-refractivity contribution < 1.29 is 59.5 Å². The number of amides is 2. The Morgan fingerprint density at radius 2 is 1.09 bits per heavy atom. The Labute approximate surface area is 408 Å². The van der Waals surface area contributed by atoms with Gasteiger partial charge in [0.2, 0.25) is 0 Å². The first kappa shape index (κ1) is 47.4. The summed E-state index contributed by atoms with van der Waals surface area (Å²) in [4.78, 5) is 43.0. The van der Waals surface area contributed by atoms with E-state index in [1.807, 2.05) is 34.1 Å². The van der Waals surface area contributed by atoms with Crippen LogP contribution in [0.5, 0.6) is 23.0 Å². The summed E-state index contributed by atoms with van der Waals surface area (Å²) in [6, 6.07) is 27.2. The van der Waals surface area contributed by atoms with Crippen LogP contribution in [0, 0.1) is 11.8 Å². The average molecular weight is 944 g/mol. The monoisotopic (exact) mass is 942 g/mol. The minimum atomic E-state index is 0. The number of aromatic amines is 1. The zero-order valence-electron chi connectivity index (χ0n) is 38.9. The van der Waals surface area contributed by atoms with Crippen LogP contribution in [0.25, 0.3) is 22.1 Å². The van der Waals surface area contributed by atoms with Gasteiger partial charge in [-0.1, -0.05) is 40.2 Å². The molecule has 14 heteroatoms. The number of H-pyrrole nitrogens is 1. The quantitative estimate of drug-likeness (QED) is 0.109. The average Bonchev–Trinajstić information content (AvgIpc) is 4.28. The molecule has 4 aliphatic rings. The molecule has 4 fully saturated rings. The number of likely N-dealkylation sites (tertiary alicyclic amines) is 2. The molecular formula is C50H60BrN6NaO6. The van der Waals surface area contributed by atoms with E-state index in [-0.39, 0.29) is 42.8 Å². The number of imidazole rings is 2. The Hall–Kier alpha value is -4.56. The SMILES string of the molecule is BrCC1CC1.COc1cc(OC)cc(C(=O)N2CCC(c3nc4ccccc4[nH]3)CC2)c1.COc1cc(OC)cc(C(=O)N2CCC(c3nc4ccccc4n3CC3CC3)CC2)c1.[H-].[Na+]. The fraction of sp³-hybridized carbons (Fsp3) is 0.440. The number of rotatable bonds is 11. The van der Waals surface area contributed by atoms with Gasteiger partial charge in [-0.2, -0.15) is 0 Å². The van der Waals surface area contributed by atoms with Gasteiger partial charge in [-0.05, 0) is 112 Å². The van der Waals surface area contributed by atoms with Gasteiger partial charge in [0.1, 0.15) is 34.6 Å². The van der Waals surface area contributed by atoms with Crippen molar-refractivity contribution in [2.75, 3.05) is 59.9 Å². The van der Waals surface area contributed by atoms with Gasteiger partial charge in [-0.3, -0.25) is 9.59 Å². The number of halogens is 1. The van der Waals surface area contributed by atoms with E-state index < -0.39 is 0 Å². The van der Waals surface area contributed by atoms with Crippen molar-refractivity contribution in [3.05, 3.63) is 108 Å². The van der Waals surface area contributed by atoms with Crippen LogP contribution in [0.1, 0.15) is 97.0 Å². The van der Waals surface area contributed by atoms with E-state index >= 15 is 0 Å². The first-order valence-corrected chi connectivity index (χ1v) is 23.4. The van der Waals surface area contributed by atoms with Crippen LogP contribution in [0.4, 0.5) is 0 Å².